The molecule has 0 spiro atoms. The Balaban J connectivity index is 2.13. The van der Waals surface area contributed by atoms with E-state index in [1.807, 2.05) is 24.3 Å². The van der Waals surface area contributed by atoms with Crippen LogP contribution >= 0.6 is 11.6 Å². The standard InChI is InChI=1S/C18H17ClO/c19-18-12-11-16(8-4-5-13-20)17(14-18)10-9-15-6-2-1-3-7-15/h1-3,6-7,11-12,14,20H,5,9-10,13H2. The van der Waals surface area contributed by atoms with E-state index in [2.05, 4.69) is 36.1 Å². The Hall–Kier alpha value is -1.75. The quantitative estimate of drug-likeness (QED) is 0.846. The van der Waals surface area contributed by atoms with E-state index < -0.39 is 0 Å². The lowest BCUT2D eigenvalue weighted by Crippen LogP contribution is -1.95. The Morgan fingerprint density at radius 2 is 1.80 bits per heavy atom. The van der Waals surface area contributed by atoms with Crippen molar-refractivity contribution in [3.63, 3.8) is 0 Å². The summed E-state index contributed by atoms with van der Waals surface area (Å²) < 4.78 is 0. The molecule has 0 radical (unpaired) electrons. The fourth-order valence-electron chi connectivity index (χ4n) is 2.03. The van der Waals surface area contributed by atoms with E-state index in [1.165, 1.54) is 5.56 Å². The fourth-order valence-corrected chi connectivity index (χ4v) is 2.22. The van der Waals surface area contributed by atoms with Crippen LogP contribution in [0, 0.1) is 11.8 Å². The van der Waals surface area contributed by atoms with Crippen LogP contribution in [0.2, 0.25) is 5.02 Å². The highest BCUT2D eigenvalue weighted by Gasteiger charge is 2.02. The second-order valence-electron chi connectivity index (χ2n) is 4.56. The molecule has 102 valence electrons. The van der Waals surface area contributed by atoms with Crippen LogP contribution in [0.1, 0.15) is 23.1 Å². The van der Waals surface area contributed by atoms with Crippen molar-refractivity contribution in [2.75, 3.05) is 6.61 Å². The molecule has 0 aliphatic carbocycles. The highest BCUT2D eigenvalue weighted by atomic mass is 35.5. The third kappa shape index (κ3) is 4.42. The van der Waals surface area contributed by atoms with Gasteiger partial charge in [0.15, 0.2) is 0 Å². The van der Waals surface area contributed by atoms with Crippen LogP contribution in [0.5, 0.6) is 0 Å². The number of benzene rings is 2. The zero-order valence-electron chi connectivity index (χ0n) is 11.3. The Morgan fingerprint density at radius 1 is 1.00 bits per heavy atom. The van der Waals surface area contributed by atoms with E-state index in [4.69, 9.17) is 16.7 Å². The largest absolute Gasteiger partial charge is 0.395 e. The highest BCUT2D eigenvalue weighted by Crippen LogP contribution is 2.17. The van der Waals surface area contributed by atoms with Gasteiger partial charge in [0, 0.05) is 17.0 Å². The molecule has 1 N–H and O–H groups in total. The lowest BCUT2D eigenvalue weighted by Gasteiger charge is -2.06. The molecular formula is C18H17ClO. The number of hydrogen-bond acceptors (Lipinski definition) is 1. The maximum absolute atomic E-state index is 8.79. The molecule has 1 nitrogen and oxygen atoms in total. The third-order valence-electron chi connectivity index (χ3n) is 3.05. The summed E-state index contributed by atoms with van der Waals surface area (Å²) in [5.41, 5.74) is 3.47. The van der Waals surface area contributed by atoms with Gasteiger partial charge in [0.05, 0.1) is 6.61 Å². The van der Waals surface area contributed by atoms with Gasteiger partial charge in [-0.2, -0.15) is 0 Å². The summed E-state index contributed by atoms with van der Waals surface area (Å²) in [6.45, 7) is 0.0972. The minimum absolute atomic E-state index is 0.0972. The topological polar surface area (TPSA) is 20.2 Å². The van der Waals surface area contributed by atoms with Gasteiger partial charge in [0.1, 0.15) is 0 Å². The molecule has 0 saturated carbocycles. The number of rotatable bonds is 4. The fraction of sp³-hybridized carbons (Fsp3) is 0.222. The average Bonchev–Trinajstić information content (AvgIpc) is 2.48. The van der Waals surface area contributed by atoms with Crippen molar-refractivity contribution in [3.8, 4) is 11.8 Å². The van der Waals surface area contributed by atoms with Gasteiger partial charge in [-0.15, -0.1) is 0 Å². The molecule has 2 rings (SSSR count). The summed E-state index contributed by atoms with van der Waals surface area (Å²) in [6.07, 6.45) is 2.38. The summed E-state index contributed by atoms with van der Waals surface area (Å²) >= 11 is 6.07. The number of halogens is 1. The van der Waals surface area contributed by atoms with E-state index in [9.17, 15) is 0 Å². The van der Waals surface area contributed by atoms with Gasteiger partial charge in [-0.1, -0.05) is 53.8 Å². The lowest BCUT2D eigenvalue weighted by atomic mass is 10.00. The van der Waals surface area contributed by atoms with E-state index >= 15 is 0 Å². The second-order valence-corrected chi connectivity index (χ2v) is 5.00. The molecule has 0 saturated heterocycles. The number of hydrogen-bond donors (Lipinski definition) is 1. The van der Waals surface area contributed by atoms with Gasteiger partial charge in [0.2, 0.25) is 0 Å². The Labute approximate surface area is 125 Å². The van der Waals surface area contributed by atoms with Gasteiger partial charge in [-0.3, -0.25) is 0 Å². The molecule has 0 aliphatic heterocycles. The molecule has 0 fully saturated rings. The first-order chi connectivity index (χ1) is 9.79. The Morgan fingerprint density at radius 3 is 2.55 bits per heavy atom. The van der Waals surface area contributed by atoms with Crippen molar-refractivity contribution in [1.29, 1.82) is 0 Å². The molecule has 0 aliphatic rings. The lowest BCUT2D eigenvalue weighted by molar-refractivity contribution is 0.305. The van der Waals surface area contributed by atoms with Crippen LogP contribution in [0.15, 0.2) is 48.5 Å². The van der Waals surface area contributed by atoms with E-state index in [-0.39, 0.29) is 6.61 Å². The summed E-state index contributed by atoms with van der Waals surface area (Å²) in [5, 5.41) is 9.52. The molecule has 2 aromatic rings. The van der Waals surface area contributed by atoms with Crippen molar-refractivity contribution >= 4 is 11.6 Å². The average molecular weight is 285 g/mol. The highest BCUT2D eigenvalue weighted by molar-refractivity contribution is 6.30. The van der Waals surface area contributed by atoms with Gasteiger partial charge in [0.25, 0.3) is 0 Å². The molecule has 0 bridgehead atoms. The van der Waals surface area contributed by atoms with Gasteiger partial charge in [-0.05, 0) is 42.2 Å². The maximum Gasteiger partial charge on any atom is 0.0540 e. The minimum Gasteiger partial charge on any atom is -0.395 e. The summed E-state index contributed by atoms with van der Waals surface area (Å²) in [7, 11) is 0. The predicted octanol–water partition coefficient (Wildman–Crippen LogP) is 3.86. The molecule has 0 amide bonds. The molecule has 20 heavy (non-hydrogen) atoms. The van der Waals surface area contributed by atoms with Crippen LogP contribution in [0.25, 0.3) is 0 Å². The molecule has 0 heterocycles. The number of aliphatic hydroxyl groups excluding tert-OH is 1. The SMILES string of the molecule is OCCC#Cc1ccc(Cl)cc1CCc1ccccc1. The number of aryl methyl sites for hydroxylation is 2. The van der Waals surface area contributed by atoms with Gasteiger partial charge < -0.3 is 5.11 Å². The first kappa shape index (κ1) is 14.7. The van der Waals surface area contributed by atoms with Crippen molar-refractivity contribution in [1.82, 2.24) is 0 Å². The van der Waals surface area contributed by atoms with Crippen LogP contribution in [-0.4, -0.2) is 11.7 Å². The van der Waals surface area contributed by atoms with Gasteiger partial charge >= 0.3 is 0 Å². The van der Waals surface area contributed by atoms with E-state index in [0.29, 0.717) is 6.42 Å². The smallest absolute Gasteiger partial charge is 0.0540 e. The molecular weight excluding hydrogens is 268 g/mol. The molecule has 2 heteroatoms. The molecule has 2 aromatic carbocycles. The minimum atomic E-state index is 0.0972. The van der Waals surface area contributed by atoms with Crippen LogP contribution < -0.4 is 0 Å². The van der Waals surface area contributed by atoms with Crippen molar-refractivity contribution < 1.29 is 5.11 Å². The van der Waals surface area contributed by atoms with Crippen LogP contribution in [0.4, 0.5) is 0 Å². The molecule has 0 aromatic heterocycles. The zero-order valence-corrected chi connectivity index (χ0v) is 12.0. The van der Waals surface area contributed by atoms with Crippen LogP contribution in [0.3, 0.4) is 0 Å². The zero-order chi connectivity index (χ0) is 14.2. The first-order valence-corrected chi connectivity index (χ1v) is 7.09. The van der Waals surface area contributed by atoms with Crippen molar-refractivity contribution in [2.45, 2.75) is 19.3 Å². The Bertz CT molecular complexity index is 608. The summed E-state index contributed by atoms with van der Waals surface area (Å²) in [5.74, 6) is 6.08. The normalized spacial score (nSPS) is 9.90. The van der Waals surface area contributed by atoms with E-state index in [1.54, 1.807) is 0 Å². The van der Waals surface area contributed by atoms with Gasteiger partial charge in [-0.25, -0.2) is 0 Å². The number of aliphatic hydroxyl groups is 1. The molecule has 0 atom stereocenters. The maximum atomic E-state index is 8.79. The second kappa shape index (κ2) is 7.75. The monoisotopic (exact) mass is 284 g/mol. The first-order valence-electron chi connectivity index (χ1n) is 6.71. The summed E-state index contributed by atoms with van der Waals surface area (Å²) in [6, 6.07) is 16.2. The van der Waals surface area contributed by atoms with Crippen molar-refractivity contribution in [3.05, 3.63) is 70.2 Å². The van der Waals surface area contributed by atoms with Crippen molar-refractivity contribution in [2.24, 2.45) is 0 Å². The molecule has 0 unspecified atom stereocenters. The predicted molar refractivity (Wildman–Crippen MR) is 83.9 cm³/mol. The van der Waals surface area contributed by atoms with E-state index in [0.717, 1.165) is 29.0 Å². The Kier molecular flexibility index (Phi) is 5.68. The third-order valence-corrected chi connectivity index (χ3v) is 3.29. The summed E-state index contributed by atoms with van der Waals surface area (Å²) in [4.78, 5) is 0. The van der Waals surface area contributed by atoms with Crippen LogP contribution in [-0.2, 0) is 12.8 Å².